The number of amides is 1. The number of carbonyl (C=O) groups excluding carboxylic acids is 1. The van der Waals surface area contributed by atoms with Crippen LogP contribution in [0.2, 0.25) is 0 Å². The molecule has 2 unspecified atom stereocenters. The van der Waals surface area contributed by atoms with Gasteiger partial charge in [0, 0.05) is 25.2 Å². The van der Waals surface area contributed by atoms with Crippen LogP contribution in [0.3, 0.4) is 0 Å². The summed E-state index contributed by atoms with van der Waals surface area (Å²) in [7, 11) is 3.61. The number of ether oxygens (including phenoxy) is 1. The van der Waals surface area contributed by atoms with Gasteiger partial charge in [0.05, 0.1) is 13.5 Å². The molecule has 3 rings (SSSR count). The highest BCUT2D eigenvalue weighted by Gasteiger charge is 2.36. The zero-order chi connectivity index (χ0) is 14.8. The number of carbonyl (C=O) groups is 1. The molecule has 2 heterocycles. The van der Waals surface area contributed by atoms with Crippen LogP contribution in [0.25, 0.3) is 0 Å². The summed E-state index contributed by atoms with van der Waals surface area (Å²) in [6, 6.07) is 9.39. The number of nitrogens with one attached hydrogen (secondary N) is 1. The molecule has 21 heavy (non-hydrogen) atoms. The van der Waals surface area contributed by atoms with Crippen molar-refractivity contribution in [3.05, 3.63) is 29.8 Å². The predicted molar refractivity (Wildman–Crippen MR) is 82.4 cm³/mol. The molecule has 1 aromatic carbocycles. The molecule has 4 heteroatoms. The molecular formula is C17H24N2O2. The molecule has 2 aliphatic rings. The fraction of sp³-hybridized carbons (Fsp3) is 0.588. The second-order valence-electron chi connectivity index (χ2n) is 6.29. The quantitative estimate of drug-likeness (QED) is 0.921. The lowest BCUT2D eigenvalue weighted by atomic mass is 9.98. The lowest BCUT2D eigenvalue weighted by Gasteiger charge is -2.35. The molecule has 1 aromatic rings. The van der Waals surface area contributed by atoms with Crippen molar-refractivity contribution in [3.8, 4) is 5.75 Å². The van der Waals surface area contributed by atoms with E-state index >= 15 is 0 Å². The average molecular weight is 288 g/mol. The number of nitrogens with zero attached hydrogens (tertiary/aromatic N) is 1. The summed E-state index contributed by atoms with van der Waals surface area (Å²) in [5.41, 5.74) is 1.05. The number of methoxy groups -OCH3 is 1. The highest BCUT2D eigenvalue weighted by atomic mass is 16.5. The Balaban J connectivity index is 1.59. The van der Waals surface area contributed by atoms with Crippen molar-refractivity contribution in [2.24, 2.45) is 0 Å². The van der Waals surface area contributed by atoms with Crippen molar-refractivity contribution in [3.63, 3.8) is 0 Å². The maximum atomic E-state index is 12.5. The normalized spacial score (nSPS) is 27.4. The van der Waals surface area contributed by atoms with E-state index in [0.717, 1.165) is 24.2 Å². The van der Waals surface area contributed by atoms with Gasteiger partial charge in [0.2, 0.25) is 5.91 Å². The molecule has 2 saturated heterocycles. The van der Waals surface area contributed by atoms with Crippen LogP contribution in [-0.2, 0) is 11.2 Å². The van der Waals surface area contributed by atoms with Crippen LogP contribution in [0.4, 0.5) is 0 Å². The first-order valence-electron chi connectivity index (χ1n) is 7.80. The van der Waals surface area contributed by atoms with E-state index in [4.69, 9.17) is 4.74 Å². The number of likely N-dealkylation sites (N-methyl/N-ethyl adjacent to an activating group) is 1. The third-order valence-electron chi connectivity index (χ3n) is 4.90. The summed E-state index contributed by atoms with van der Waals surface area (Å²) in [5, 5.41) is 3.62. The first kappa shape index (κ1) is 14.4. The Morgan fingerprint density at radius 3 is 2.43 bits per heavy atom. The van der Waals surface area contributed by atoms with Crippen LogP contribution in [0, 0.1) is 0 Å². The SMILES string of the molecule is COc1ccc(CC(=O)N(C)C2CC3CCC(C2)N3)cc1. The number of piperidine rings is 1. The molecule has 2 bridgehead atoms. The Morgan fingerprint density at radius 2 is 1.86 bits per heavy atom. The largest absolute Gasteiger partial charge is 0.497 e. The molecular weight excluding hydrogens is 264 g/mol. The minimum atomic E-state index is 0.214. The van der Waals surface area contributed by atoms with E-state index in [1.165, 1.54) is 12.8 Å². The Bertz CT molecular complexity index is 488. The number of hydrogen-bond acceptors (Lipinski definition) is 3. The Labute approximate surface area is 126 Å². The summed E-state index contributed by atoms with van der Waals surface area (Å²) in [5.74, 6) is 1.04. The highest BCUT2D eigenvalue weighted by Crippen LogP contribution is 2.29. The Kier molecular flexibility index (Phi) is 4.15. The fourth-order valence-corrected chi connectivity index (χ4v) is 3.59. The van der Waals surface area contributed by atoms with E-state index in [1.807, 2.05) is 36.2 Å². The summed E-state index contributed by atoms with van der Waals surface area (Å²) in [6.45, 7) is 0. The summed E-state index contributed by atoms with van der Waals surface area (Å²) >= 11 is 0. The minimum Gasteiger partial charge on any atom is -0.497 e. The summed E-state index contributed by atoms with van der Waals surface area (Å²) in [4.78, 5) is 14.4. The number of rotatable bonds is 4. The first-order chi connectivity index (χ1) is 10.2. The van der Waals surface area contributed by atoms with Crippen molar-refractivity contribution in [1.29, 1.82) is 0 Å². The smallest absolute Gasteiger partial charge is 0.226 e. The van der Waals surface area contributed by atoms with Crippen LogP contribution in [0.1, 0.15) is 31.2 Å². The van der Waals surface area contributed by atoms with Crippen LogP contribution in [-0.4, -0.2) is 43.1 Å². The second-order valence-corrected chi connectivity index (χ2v) is 6.29. The Morgan fingerprint density at radius 1 is 1.24 bits per heavy atom. The molecule has 0 aliphatic carbocycles. The monoisotopic (exact) mass is 288 g/mol. The topological polar surface area (TPSA) is 41.6 Å². The molecule has 2 fully saturated rings. The van der Waals surface area contributed by atoms with Crippen molar-refractivity contribution < 1.29 is 9.53 Å². The van der Waals surface area contributed by atoms with Gasteiger partial charge in [-0.05, 0) is 43.4 Å². The molecule has 1 N–H and O–H groups in total. The Hall–Kier alpha value is -1.55. The van der Waals surface area contributed by atoms with Crippen molar-refractivity contribution >= 4 is 5.91 Å². The van der Waals surface area contributed by atoms with Crippen molar-refractivity contribution in [2.75, 3.05) is 14.2 Å². The maximum absolute atomic E-state index is 12.5. The molecule has 0 aromatic heterocycles. The van der Waals surface area contributed by atoms with E-state index in [9.17, 15) is 4.79 Å². The average Bonchev–Trinajstić information content (AvgIpc) is 2.85. The van der Waals surface area contributed by atoms with Gasteiger partial charge in [-0.3, -0.25) is 4.79 Å². The van der Waals surface area contributed by atoms with Gasteiger partial charge in [0.25, 0.3) is 0 Å². The molecule has 0 radical (unpaired) electrons. The van der Waals surface area contributed by atoms with Gasteiger partial charge in [-0.2, -0.15) is 0 Å². The van der Waals surface area contributed by atoms with Crippen molar-refractivity contribution in [1.82, 2.24) is 10.2 Å². The standard InChI is InChI=1S/C17H24N2O2/c1-19(15-10-13-5-6-14(11-15)18-13)17(20)9-12-3-7-16(21-2)8-4-12/h3-4,7-8,13-15,18H,5-6,9-11H2,1-2H3. The van der Waals surface area contributed by atoms with Crippen LogP contribution in [0.5, 0.6) is 5.75 Å². The molecule has 114 valence electrons. The fourth-order valence-electron chi connectivity index (χ4n) is 3.59. The molecule has 4 nitrogen and oxygen atoms in total. The second kappa shape index (κ2) is 6.06. The van der Waals surface area contributed by atoms with Gasteiger partial charge in [0.1, 0.15) is 5.75 Å². The zero-order valence-electron chi connectivity index (χ0n) is 12.8. The third kappa shape index (κ3) is 3.21. The zero-order valence-corrected chi connectivity index (χ0v) is 12.8. The molecule has 2 aliphatic heterocycles. The lowest BCUT2D eigenvalue weighted by Crippen LogP contribution is -2.49. The maximum Gasteiger partial charge on any atom is 0.226 e. The van der Waals surface area contributed by atoms with Gasteiger partial charge in [-0.1, -0.05) is 12.1 Å². The highest BCUT2D eigenvalue weighted by molar-refractivity contribution is 5.78. The van der Waals surface area contributed by atoms with Gasteiger partial charge in [-0.15, -0.1) is 0 Å². The van der Waals surface area contributed by atoms with Gasteiger partial charge in [0.15, 0.2) is 0 Å². The van der Waals surface area contributed by atoms with Crippen LogP contribution < -0.4 is 10.1 Å². The van der Waals surface area contributed by atoms with Crippen molar-refractivity contribution in [2.45, 2.75) is 50.2 Å². The summed E-state index contributed by atoms with van der Waals surface area (Å²) in [6.07, 6.45) is 5.20. The van der Waals surface area contributed by atoms with E-state index in [-0.39, 0.29) is 5.91 Å². The van der Waals surface area contributed by atoms with E-state index in [2.05, 4.69) is 5.32 Å². The molecule has 1 amide bonds. The van der Waals surface area contributed by atoms with Crippen LogP contribution in [0.15, 0.2) is 24.3 Å². The predicted octanol–water partition coefficient (Wildman–Crippen LogP) is 1.98. The molecule has 0 spiro atoms. The van der Waals surface area contributed by atoms with E-state index in [0.29, 0.717) is 24.5 Å². The molecule has 0 saturated carbocycles. The van der Waals surface area contributed by atoms with E-state index in [1.54, 1.807) is 7.11 Å². The number of benzene rings is 1. The van der Waals surface area contributed by atoms with E-state index < -0.39 is 0 Å². The van der Waals surface area contributed by atoms with Gasteiger partial charge >= 0.3 is 0 Å². The van der Waals surface area contributed by atoms with Gasteiger partial charge < -0.3 is 15.0 Å². The minimum absolute atomic E-state index is 0.214. The third-order valence-corrected chi connectivity index (χ3v) is 4.90. The van der Waals surface area contributed by atoms with Gasteiger partial charge in [-0.25, -0.2) is 0 Å². The van der Waals surface area contributed by atoms with Crippen LogP contribution >= 0.6 is 0 Å². The number of hydrogen-bond donors (Lipinski definition) is 1. The molecule has 2 atom stereocenters. The summed E-state index contributed by atoms with van der Waals surface area (Å²) < 4.78 is 5.15. The first-order valence-corrected chi connectivity index (χ1v) is 7.80. The number of fused-ring (bicyclic) bond motifs is 2. The lowest BCUT2D eigenvalue weighted by molar-refractivity contribution is -0.131.